The SMILES string of the molecule is C[C@H](C(=O)Nc1ccc(C(N)=O)cc1)[NH+](C)CC(=O)NC(C)(C)C. The molecule has 1 rings (SSSR count). The molecule has 1 aromatic rings. The van der Waals surface area contributed by atoms with E-state index in [1.54, 1.807) is 38.2 Å². The van der Waals surface area contributed by atoms with Crippen LogP contribution in [0.1, 0.15) is 38.1 Å². The number of likely N-dealkylation sites (N-methyl/N-ethyl adjacent to an activating group) is 1. The lowest BCUT2D eigenvalue weighted by Gasteiger charge is -2.24. The van der Waals surface area contributed by atoms with Gasteiger partial charge in [0.05, 0.1) is 7.05 Å². The molecule has 0 radical (unpaired) electrons. The maximum absolute atomic E-state index is 12.3. The number of quaternary nitrogens is 1. The molecule has 7 nitrogen and oxygen atoms in total. The molecule has 0 aliphatic heterocycles. The second-order valence-electron chi connectivity index (χ2n) is 6.97. The summed E-state index contributed by atoms with van der Waals surface area (Å²) in [6.45, 7) is 7.68. The van der Waals surface area contributed by atoms with Crippen molar-refractivity contribution in [3.05, 3.63) is 29.8 Å². The van der Waals surface area contributed by atoms with E-state index in [9.17, 15) is 14.4 Å². The van der Waals surface area contributed by atoms with Crippen LogP contribution in [0.3, 0.4) is 0 Å². The molecule has 0 aromatic heterocycles. The molecule has 24 heavy (non-hydrogen) atoms. The molecule has 0 saturated carbocycles. The van der Waals surface area contributed by atoms with E-state index in [1.165, 1.54) is 0 Å². The Morgan fingerprint density at radius 3 is 2.17 bits per heavy atom. The minimum atomic E-state index is -0.518. The van der Waals surface area contributed by atoms with Crippen molar-refractivity contribution in [2.45, 2.75) is 39.3 Å². The van der Waals surface area contributed by atoms with Gasteiger partial charge in [0.1, 0.15) is 0 Å². The first-order valence-corrected chi connectivity index (χ1v) is 7.83. The number of amides is 3. The van der Waals surface area contributed by atoms with Crippen LogP contribution in [-0.2, 0) is 9.59 Å². The summed E-state index contributed by atoms with van der Waals surface area (Å²) in [5.74, 6) is -0.830. The van der Waals surface area contributed by atoms with Crippen molar-refractivity contribution in [1.29, 1.82) is 0 Å². The minimum absolute atomic E-state index is 0.106. The fraction of sp³-hybridized carbons (Fsp3) is 0.471. The van der Waals surface area contributed by atoms with Crippen molar-refractivity contribution in [2.24, 2.45) is 5.73 Å². The van der Waals surface area contributed by atoms with Crippen molar-refractivity contribution in [3.63, 3.8) is 0 Å². The minimum Gasteiger partial charge on any atom is -0.366 e. The molecule has 0 saturated heterocycles. The highest BCUT2D eigenvalue weighted by atomic mass is 16.2. The quantitative estimate of drug-likeness (QED) is 0.565. The zero-order valence-corrected chi connectivity index (χ0v) is 14.9. The molecule has 0 fully saturated rings. The summed E-state index contributed by atoms with van der Waals surface area (Å²) in [5.41, 5.74) is 5.83. The lowest BCUT2D eigenvalue weighted by Crippen LogP contribution is -3.15. The Morgan fingerprint density at radius 2 is 1.71 bits per heavy atom. The van der Waals surface area contributed by atoms with E-state index in [0.29, 0.717) is 11.3 Å². The molecule has 5 N–H and O–H groups in total. The molecule has 0 spiro atoms. The van der Waals surface area contributed by atoms with Gasteiger partial charge >= 0.3 is 0 Å². The molecular weight excluding hydrogens is 308 g/mol. The van der Waals surface area contributed by atoms with Gasteiger partial charge in [-0.25, -0.2) is 0 Å². The molecule has 1 unspecified atom stereocenters. The van der Waals surface area contributed by atoms with E-state index < -0.39 is 11.9 Å². The Kier molecular flexibility index (Phi) is 6.48. The van der Waals surface area contributed by atoms with Gasteiger partial charge in [-0.05, 0) is 52.0 Å². The predicted molar refractivity (Wildman–Crippen MR) is 92.7 cm³/mol. The van der Waals surface area contributed by atoms with Crippen molar-refractivity contribution < 1.29 is 19.3 Å². The Labute approximate surface area is 142 Å². The van der Waals surface area contributed by atoms with Gasteiger partial charge in [-0.1, -0.05) is 0 Å². The van der Waals surface area contributed by atoms with Gasteiger partial charge in [0.25, 0.3) is 11.8 Å². The fourth-order valence-corrected chi connectivity index (χ4v) is 2.06. The van der Waals surface area contributed by atoms with Crippen LogP contribution in [0.25, 0.3) is 0 Å². The number of hydrogen-bond donors (Lipinski definition) is 4. The van der Waals surface area contributed by atoms with Crippen LogP contribution in [0, 0.1) is 0 Å². The third kappa shape index (κ3) is 6.37. The average Bonchev–Trinajstić information content (AvgIpc) is 2.44. The van der Waals surface area contributed by atoms with Gasteiger partial charge in [0, 0.05) is 16.8 Å². The Morgan fingerprint density at radius 1 is 1.17 bits per heavy atom. The molecule has 0 aliphatic carbocycles. The van der Waals surface area contributed by atoms with Gasteiger partial charge in [-0.3, -0.25) is 14.4 Å². The lowest BCUT2D eigenvalue weighted by molar-refractivity contribution is -0.885. The first kappa shape index (κ1) is 19.6. The fourth-order valence-electron chi connectivity index (χ4n) is 2.06. The number of carbonyl (C=O) groups excluding carboxylic acids is 3. The molecule has 1 aromatic carbocycles. The maximum Gasteiger partial charge on any atom is 0.282 e. The molecule has 2 atom stereocenters. The molecular formula is C17H27N4O3+. The Hall–Kier alpha value is -2.41. The highest BCUT2D eigenvalue weighted by Gasteiger charge is 2.25. The second kappa shape index (κ2) is 7.92. The number of hydrogen-bond acceptors (Lipinski definition) is 3. The van der Waals surface area contributed by atoms with Crippen LogP contribution in [0.15, 0.2) is 24.3 Å². The standard InChI is InChI=1S/C17H26N4O3/c1-11(21(5)10-14(22)20-17(2,3)4)16(24)19-13-8-6-12(7-9-13)15(18)23/h6-9,11H,10H2,1-5H3,(H2,18,23)(H,19,24)(H,20,22)/p+1/t11-/m1/s1. The van der Waals surface area contributed by atoms with Crippen LogP contribution in [-0.4, -0.2) is 42.9 Å². The Balaban J connectivity index is 2.60. The summed E-state index contributed by atoms with van der Waals surface area (Å²) < 4.78 is 0. The number of primary amides is 1. The van der Waals surface area contributed by atoms with Crippen LogP contribution in [0.4, 0.5) is 5.69 Å². The Bertz CT molecular complexity index is 605. The largest absolute Gasteiger partial charge is 0.366 e. The number of nitrogens with one attached hydrogen (secondary N) is 3. The summed E-state index contributed by atoms with van der Waals surface area (Å²) in [4.78, 5) is 36.0. The van der Waals surface area contributed by atoms with E-state index in [4.69, 9.17) is 5.73 Å². The van der Waals surface area contributed by atoms with Crippen LogP contribution in [0.5, 0.6) is 0 Å². The maximum atomic E-state index is 12.3. The van der Waals surface area contributed by atoms with Crippen molar-refractivity contribution in [1.82, 2.24) is 5.32 Å². The predicted octanol–water partition coefficient (Wildman–Crippen LogP) is -0.458. The van der Waals surface area contributed by atoms with Crippen molar-refractivity contribution in [2.75, 3.05) is 18.9 Å². The summed E-state index contributed by atoms with van der Waals surface area (Å²) in [6.07, 6.45) is 0. The lowest BCUT2D eigenvalue weighted by atomic mass is 10.1. The first-order chi connectivity index (χ1) is 11.0. The monoisotopic (exact) mass is 335 g/mol. The number of nitrogens with two attached hydrogens (primary N) is 1. The molecule has 132 valence electrons. The summed E-state index contributed by atoms with van der Waals surface area (Å²) in [7, 11) is 1.79. The molecule has 0 heterocycles. The van der Waals surface area contributed by atoms with Gasteiger partial charge in [0.2, 0.25) is 5.91 Å². The van der Waals surface area contributed by atoms with Gasteiger partial charge in [-0.2, -0.15) is 0 Å². The van der Waals surface area contributed by atoms with E-state index in [-0.39, 0.29) is 23.9 Å². The second-order valence-corrected chi connectivity index (χ2v) is 6.97. The third-order valence-corrected chi connectivity index (χ3v) is 3.52. The van der Waals surface area contributed by atoms with Crippen molar-refractivity contribution >= 4 is 23.4 Å². The average molecular weight is 335 g/mol. The number of benzene rings is 1. The van der Waals surface area contributed by atoms with E-state index in [0.717, 1.165) is 4.90 Å². The zero-order chi connectivity index (χ0) is 18.5. The summed E-state index contributed by atoms with van der Waals surface area (Å²) in [5, 5.41) is 5.64. The number of rotatable bonds is 6. The highest BCUT2D eigenvalue weighted by Crippen LogP contribution is 2.09. The molecule has 0 bridgehead atoms. The van der Waals surface area contributed by atoms with E-state index in [2.05, 4.69) is 10.6 Å². The zero-order valence-electron chi connectivity index (χ0n) is 14.9. The normalized spacial score (nSPS) is 13.7. The molecule has 0 aliphatic rings. The van der Waals surface area contributed by atoms with Crippen LogP contribution >= 0.6 is 0 Å². The van der Waals surface area contributed by atoms with Crippen LogP contribution in [0.2, 0.25) is 0 Å². The molecule has 3 amide bonds. The summed E-state index contributed by atoms with van der Waals surface area (Å²) >= 11 is 0. The highest BCUT2D eigenvalue weighted by molar-refractivity contribution is 5.96. The van der Waals surface area contributed by atoms with Gasteiger partial charge in [-0.15, -0.1) is 0 Å². The number of anilines is 1. The van der Waals surface area contributed by atoms with E-state index >= 15 is 0 Å². The summed E-state index contributed by atoms with van der Waals surface area (Å²) in [6, 6.07) is 5.93. The topological polar surface area (TPSA) is 106 Å². The van der Waals surface area contributed by atoms with Gasteiger partial charge < -0.3 is 21.3 Å². The first-order valence-electron chi connectivity index (χ1n) is 7.83. The molecule has 7 heteroatoms. The van der Waals surface area contributed by atoms with Crippen molar-refractivity contribution in [3.8, 4) is 0 Å². The van der Waals surface area contributed by atoms with Gasteiger partial charge in [0.15, 0.2) is 12.6 Å². The third-order valence-electron chi connectivity index (χ3n) is 3.52. The van der Waals surface area contributed by atoms with E-state index in [1.807, 2.05) is 20.8 Å². The van der Waals surface area contributed by atoms with Crippen LogP contribution < -0.4 is 21.3 Å². The number of carbonyl (C=O) groups is 3. The smallest absolute Gasteiger partial charge is 0.282 e.